The second kappa shape index (κ2) is 3.92. The maximum atomic E-state index is 5.47. The molecule has 0 spiro atoms. The molecule has 14 heavy (non-hydrogen) atoms. The lowest BCUT2D eigenvalue weighted by atomic mass is 9.91. The maximum Gasteiger partial charge on any atom is 0.125 e. The van der Waals surface area contributed by atoms with Gasteiger partial charge in [-0.15, -0.1) is 21.5 Å². The Hall–Kier alpha value is -0.520. The zero-order valence-corrected chi connectivity index (χ0v) is 9.14. The van der Waals surface area contributed by atoms with Crippen molar-refractivity contribution in [3.63, 3.8) is 0 Å². The molecular formula is C9H15N3OS. The molecule has 1 atom stereocenters. The van der Waals surface area contributed by atoms with Crippen LogP contribution in [0, 0.1) is 0 Å². The van der Waals surface area contributed by atoms with E-state index in [0.29, 0.717) is 6.54 Å². The monoisotopic (exact) mass is 213 g/mol. The van der Waals surface area contributed by atoms with Gasteiger partial charge in [-0.2, -0.15) is 0 Å². The fourth-order valence-electron chi connectivity index (χ4n) is 1.56. The number of hydrogen-bond donors (Lipinski definition) is 1. The first kappa shape index (κ1) is 10.0. The van der Waals surface area contributed by atoms with Crippen molar-refractivity contribution in [3.05, 3.63) is 10.0 Å². The van der Waals surface area contributed by atoms with E-state index in [1.807, 2.05) is 0 Å². The lowest BCUT2D eigenvalue weighted by molar-refractivity contribution is 0.180. The highest BCUT2D eigenvalue weighted by atomic mass is 32.1. The Bertz CT molecular complexity index is 307. The van der Waals surface area contributed by atoms with E-state index in [1.54, 1.807) is 11.3 Å². The Morgan fingerprint density at radius 2 is 2.43 bits per heavy atom. The summed E-state index contributed by atoms with van der Waals surface area (Å²) >= 11 is 1.67. The van der Waals surface area contributed by atoms with Crippen LogP contribution in [-0.2, 0) is 16.6 Å². The van der Waals surface area contributed by atoms with Gasteiger partial charge in [-0.3, -0.25) is 0 Å². The minimum Gasteiger partial charge on any atom is -0.380 e. The third kappa shape index (κ3) is 1.80. The molecule has 4 nitrogen and oxygen atoms in total. The van der Waals surface area contributed by atoms with Gasteiger partial charge in [0.05, 0.1) is 6.61 Å². The Balaban J connectivity index is 2.15. The number of nitrogens with two attached hydrogens (primary N) is 1. The van der Waals surface area contributed by atoms with E-state index < -0.39 is 0 Å². The average Bonchev–Trinajstić information content (AvgIpc) is 2.75. The zero-order valence-electron chi connectivity index (χ0n) is 8.32. The first-order valence-electron chi connectivity index (χ1n) is 4.85. The molecule has 1 saturated heterocycles. The van der Waals surface area contributed by atoms with Crippen LogP contribution in [0.2, 0.25) is 0 Å². The molecule has 0 radical (unpaired) electrons. The van der Waals surface area contributed by atoms with Gasteiger partial charge >= 0.3 is 0 Å². The molecule has 2 heterocycles. The third-order valence-electron chi connectivity index (χ3n) is 2.56. The maximum absolute atomic E-state index is 5.47. The molecule has 5 heteroatoms. The SMILES string of the molecule is CC1(c2nnc(CCN)s2)CCOC1. The van der Waals surface area contributed by atoms with Crippen LogP contribution in [0.5, 0.6) is 0 Å². The van der Waals surface area contributed by atoms with Crippen molar-refractivity contribution in [1.29, 1.82) is 0 Å². The molecule has 1 aliphatic rings. The summed E-state index contributed by atoms with van der Waals surface area (Å²) in [6, 6.07) is 0. The summed E-state index contributed by atoms with van der Waals surface area (Å²) < 4.78 is 5.40. The lowest BCUT2D eigenvalue weighted by Crippen LogP contribution is -2.21. The molecule has 1 unspecified atom stereocenters. The molecule has 1 aliphatic heterocycles. The predicted octanol–water partition coefficient (Wildman–Crippen LogP) is 0.717. The highest BCUT2D eigenvalue weighted by Crippen LogP contribution is 2.34. The molecule has 2 rings (SSSR count). The second-order valence-electron chi connectivity index (χ2n) is 3.90. The van der Waals surface area contributed by atoms with Crippen LogP contribution in [0.25, 0.3) is 0 Å². The van der Waals surface area contributed by atoms with Gasteiger partial charge in [0.15, 0.2) is 0 Å². The van der Waals surface area contributed by atoms with E-state index in [4.69, 9.17) is 10.5 Å². The van der Waals surface area contributed by atoms with E-state index in [0.717, 1.165) is 36.1 Å². The normalized spacial score (nSPS) is 27.0. The number of nitrogens with zero attached hydrogens (tertiary/aromatic N) is 2. The minimum absolute atomic E-state index is 0.0878. The Kier molecular flexibility index (Phi) is 2.80. The first-order valence-corrected chi connectivity index (χ1v) is 5.67. The third-order valence-corrected chi connectivity index (χ3v) is 3.85. The van der Waals surface area contributed by atoms with Crippen LogP contribution >= 0.6 is 11.3 Å². The van der Waals surface area contributed by atoms with Gasteiger partial charge < -0.3 is 10.5 Å². The Morgan fingerprint density at radius 1 is 1.57 bits per heavy atom. The fraction of sp³-hybridized carbons (Fsp3) is 0.778. The van der Waals surface area contributed by atoms with E-state index >= 15 is 0 Å². The van der Waals surface area contributed by atoms with Gasteiger partial charge in [0.1, 0.15) is 10.0 Å². The number of rotatable bonds is 3. The Morgan fingerprint density at radius 3 is 3.07 bits per heavy atom. The lowest BCUT2D eigenvalue weighted by Gasteiger charge is -2.16. The predicted molar refractivity (Wildman–Crippen MR) is 55.5 cm³/mol. The van der Waals surface area contributed by atoms with Crippen LogP contribution in [0.15, 0.2) is 0 Å². The van der Waals surface area contributed by atoms with Gasteiger partial charge in [-0.25, -0.2) is 0 Å². The molecule has 1 aromatic rings. The van der Waals surface area contributed by atoms with Crippen LogP contribution in [0.3, 0.4) is 0 Å². The molecule has 0 aromatic carbocycles. The van der Waals surface area contributed by atoms with Crippen molar-refractivity contribution in [3.8, 4) is 0 Å². The standard InChI is InChI=1S/C9H15N3OS/c1-9(3-5-13-6-9)8-12-11-7(14-8)2-4-10/h2-6,10H2,1H3. The molecular weight excluding hydrogens is 198 g/mol. The van der Waals surface area contributed by atoms with E-state index in [9.17, 15) is 0 Å². The highest BCUT2D eigenvalue weighted by Gasteiger charge is 2.35. The average molecular weight is 213 g/mol. The van der Waals surface area contributed by atoms with Crippen molar-refractivity contribution in [2.75, 3.05) is 19.8 Å². The highest BCUT2D eigenvalue weighted by molar-refractivity contribution is 7.11. The van der Waals surface area contributed by atoms with Crippen LogP contribution in [-0.4, -0.2) is 30.0 Å². The summed E-state index contributed by atoms with van der Waals surface area (Å²) in [7, 11) is 0. The zero-order chi connectivity index (χ0) is 10.0. The van der Waals surface area contributed by atoms with E-state index in [2.05, 4.69) is 17.1 Å². The van der Waals surface area contributed by atoms with E-state index in [-0.39, 0.29) is 5.41 Å². The molecule has 1 aromatic heterocycles. The van der Waals surface area contributed by atoms with Crippen molar-refractivity contribution in [2.24, 2.45) is 5.73 Å². The van der Waals surface area contributed by atoms with Crippen molar-refractivity contribution >= 4 is 11.3 Å². The quantitative estimate of drug-likeness (QED) is 0.803. The summed E-state index contributed by atoms with van der Waals surface area (Å²) in [6.45, 7) is 4.43. The molecule has 0 amide bonds. The van der Waals surface area contributed by atoms with Crippen LogP contribution in [0.1, 0.15) is 23.4 Å². The minimum atomic E-state index is 0.0878. The number of aromatic nitrogens is 2. The Labute approximate surface area is 87.5 Å². The summed E-state index contributed by atoms with van der Waals surface area (Å²) in [4.78, 5) is 0. The summed E-state index contributed by atoms with van der Waals surface area (Å²) in [5.41, 5.74) is 5.56. The number of ether oxygens (including phenoxy) is 1. The van der Waals surface area contributed by atoms with Crippen LogP contribution in [0.4, 0.5) is 0 Å². The fourth-order valence-corrected chi connectivity index (χ4v) is 2.57. The first-order chi connectivity index (χ1) is 6.74. The van der Waals surface area contributed by atoms with E-state index in [1.165, 1.54) is 0 Å². The van der Waals surface area contributed by atoms with Gasteiger partial charge in [-0.05, 0) is 13.0 Å². The smallest absolute Gasteiger partial charge is 0.125 e. The largest absolute Gasteiger partial charge is 0.380 e. The van der Waals surface area contributed by atoms with Gasteiger partial charge in [-0.1, -0.05) is 6.92 Å². The summed E-state index contributed by atoms with van der Waals surface area (Å²) in [6.07, 6.45) is 1.87. The molecule has 0 saturated carbocycles. The van der Waals surface area contributed by atoms with Crippen LogP contribution < -0.4 is 5.73 Å². The van der Waals surface area contributed by atoms with Gasteiger partial charge in [0, 0.05) is 18.4 Å². The van der Waals surface area contributed by atoms with Crippen molar-refractivity contribution < 1.29 is 4.74 Å². The molecule has 0 bridgehead atoms. The molecule has 1 fully saturated rings. The summed E-state index contributed by atoms with van der Waals surface area (Å²) in [5.74, 6) is 0. The topological polar surface area (TPSA) is 61.0 Å². The summed E-state index contributed by atoms with van der Waals surface area (Å²) in [5, 5.41) is 10.5. The molecule has 2 N–H and O–H groups in total. The molecule has 78 valence electrons. The van der Waals surface area contributed by atoms with Gasteiger partial charge in [0.2, 0.25) is 0 Å². The van der Waals surface area contributed by atoms with Gasteiger partial charge in [0.25, 0.3) is 0 Å². The molecule has 0 aliphatic carbocycles. The second-order valence-corrected chi connectivity index (χ2v) is 4.96. The van der Waals surface area contributed by atoms with Crippen molar-refractivity contribution in [2.45, 2.75) is 25.2 Å². The van der Waals surface area contributed by atoms with Crippen molar-refractivity contribution in [1.82, 2.24) is 10.2 Å². The number of hydrogen-bond acceptors (Lipinski definition) is 5.